The quantitative estimate of drug-likeness (QED) is 0.565. The molecule has 0 aliphatic heterocycles. The SMILES string of the molecule is CC(C)(C)c1noc2ncc(-c3nc(-c4ccc(CN)cc4)no3)cc12.Cl. The molecule has 4 rings (SSSR count). The molecule has 0 radical (unpaired) electrons. The number of hydrogen-bond donors (Lipinski definition) is 1. The van der Waals surface area contributed by atoms with E-state index in [0.29, 0.717) is 24.0 Å². The monoisotopic (exact) mass is 385 g/mol. The van der Waals surface area contributed by atoms with Gasteiger partial charge in [0.15, 0.2) is 0 Å². The fraction of sp³-hybridized carbons (Fsp3) is 0.263. The first-order chi connectivity index (χ1) is 12.5. The zero-order chi connectivity index (χ0) is 18.3. The molecule has 0 unspecified atom stereocenters. The van der Waals surface area contributed by atoms with Crippen molar-refractivity contribution in [3.8, 4) is 22.8 Å². The van der Waals surface area contributed by atoms with Gasteiger partial charge in [0.25, 0.3) is 11.6 Å². The van der Waals surface area contributed by atoms with Gasteiger partial charge in [-0.2, -0.15) is 4.98 Å². The summed E-state index contributed by atoms with van der Waals surface area (Å²) >= 11 is 0. The predicted molar refractivity (Wildman–Crippen MR) is 104 cm³/mol. The van der Waals surface area contributed by atoms with Crippen LogP contribution in [0.2, 0.25) is 0 Å². The number of nitrogens with zero attached hydrogens (tertiary/aromatic N) is 4. The van der Waals surface area contributed by atoms with Crippen molar-refractivity contribution in [3.05, 3.63) is 47.8 Å². The molecule has 2 N–H and O–H groups in total. The van der Waals surface area contributed by atoms with Crippen molar-refractivity contribution in [2.45, 2.75) is 32.7 Å². The van der Waals surface area contributed by atoms with Crippen molar-refractivity contribution < 1.29 is 9.05 Å². The number of hydrogen-bond acceptors (Lipinski definition) is 7. The number of halogens is 1. The molecule has 0 spiro atoms. The van der Waals surface area contributed by atoms with E-state index in [4.69, 9.17) is 14.8 Å². The molecule has 0 atom stereocenters. The van der Waals surface area contributed by atoms with Gasteiger partial charge in [0, 0.05) is 23.7 Å². The summed E-state index contributed by atoms with van der Waals surface area (Å²) in [5.74, 6) is 0.920. The minimum Gasteiger partial charge on any atom is -0.336 e. The van der Waals surface area contributed by atoms with Crippen LogP contribution in [-0.4, -0.2) is 20.3 Å². The molecule has 0 amide bonds. The van der Waals surface area contributed by atoms with E-state index in [2.05, 4.69) is 41.1 Å². The lowest BCUT2D eigenvalue weighted by Crippen LogP contribution is -2.11. The molecule has 0 saturated carbocycles. The molecular formula is C19H20ClN5O2. The van der Waals surface area contributed by atoms with Crippen LogP contribution in [0.5, 0.6) is 0 Å². The highest BCUT2D eigenvalue weighted by atomic mass is 35.5. The van der Waals surface area contributed by atoms with Gasteiger partial charge in [-0.25, -0.2) is 4.98 Å². The minimum absolute atomic E-state index is 0. The van der Waals surface area contributed by atoms with Gasteiger partial charge in [0.05, 0.1) is 16.6 Å². The minimum atomic E-state index is -0.156. The van der Waals surface area contributed by atoms with Crippen molar-refractivity contribution in [3.63, 3.8) is 0 Å². The Morgan fingerprint density at radius 3 is 2.41 bits per heavy atom. The van der Waals surface area contributed by atoms with Crippen molar-refractivity contribution >= 4 is 23.5 Å². The molecule has 0 bridgehead atoms. The predicted octanol–water partition coefficient (Wildman–Crippen LogP) is 4.12. The Labute approximate surface area is 162 Å². The lowest BCUT2D eigenvalue weighted by molar-refractivity contribution is 0.414. The molecule has 7 nitrogen and oxygen atoms in total. The van der Waals surface area contributed by atoms with E-state index >= 15 is 0 Å². The summed E-state index contributed by atoms with van der Waals surface area (Å²) in [5, 5.41) is 9.08. The number of fused-ring (bicyclic) bond motifs is 1. The van der Waals surface area contributed by atoms with Crippen LogP contribution in [0.4, 0.5) is 0 Å². The third-order valence-corrected chi connectivity index (χ3v) is 4.16. The first kappa shape index (κ1) is 19.0. The second kappa shape index (κ2) is 7.09. The largest absolute Gasteiger partial charge is 0.336 e. The maximum Gasteiger partial charge on any atom is 0.259 e. The van der Waals surface area contributed by atoms with Gasteiger partial charge in [-0.15, -0.1) is 12.4 Å². The molecule has 140 valence electrons. The van der Waals surface area contributed by atoms with E-state index in [-0.39, 0.29) is 17.8 Å². The highest BCUT2D eigenvalue weighted by molar-refractivity contribution is 5.85. The van der Waals surface area contributed by atoms with Gasteiger partial charge in [-0.05, 0) is 11.6 Å². The zero-order valence-electron chi connectivity index (χ0n) is 15.3. The van der Waals surface area contributed by atoms with Crippen molar-refractivity contribution in [2.75, 3.05) is 0 Å². The van der Waals surface area contributed by atoms with Crippen LogP contribution in [-0.2, 0) is 12.0 Å². The van der Waals surface area contributed by atoms with E-state index in [0.717, 1.165) is 27.8 Å². The topological polar surface area (TPSA) is 104 Å². The van der Waals surface area contributed by atoms with Crippen molar-refractivity contribution in [2.24, 2.45) is 5.73 Å². The highest BCUT2D eigenvalue weighted by Crippen LogP contribution is 2.31. The van der Waals surface area contributed by atoms with Gasteiger partial charge >= 0.3 is 0 Å². The fourth-order valence-electron chi connectivity index (χ4n) is 2.74. The molecule has 3 heterocycles. The Bertz CT molecular complexity index is 1060. The van der Waals surface area contributed by atoms with Crippen LogP contribution >= 0.6 is 12.4 Å². The summed E-state index contributed by atoms with van der Waals surface area (Å²) in [6, 6.07) is 9.68. The van der Waals surface area contributed by atoms with Gasteiger partial charge in [-0.3, -0.25) is 0 Å². The Morgan fingerprint density at radius 1 is 1.00 bits per heavy atom. The molecule has 4 aromatic rings. The second-order valence-corrected chi connectivity index (χ2v) is 7.18. The summed E-state index contributed by atoms with van der Waals surface area (Å²) in [4.78, 5) is 8.81. The van der Waals surface area contributed by atoms with Crippen LogP contribution in [0.3, 0.4) is 0 Å². The van der Waals surface area contributed by atoms with E-state index in [1.54, 1.807) is 6.20 Å². The molecule has 0 saturated heterocycles. The zero-order valence-corrected chi connectivity index (χ0v) is 16.1. The number of aromatic nitrogens is 4. The van der Waals surface area contributed by atoms with E-state index in [1.165, 1.54) is 0 Å². The summed E-state index contributed by atoms with van der Waals surface area (Å²) < 4.78 is 10.8. The number of rotatable bonds is 3. The average molecular weight is 386 g/mol. The Balaban J connectivity index is 0.00000210. The third-order valence-electron chi connectivity index (χ3n) is 4.16. The van der Waals surface area contributed by atoms with Gasteiger partial charge in [0.1, 0.15) is 0 Å². The molecule has 0 aliphatic rings. The molecule has 27 heavy (non-hydrogen) atoms. The summed E-state index contributed by atoms with van der Waals surface area (Å²) in [6.07, 6.45) is 1.65. The highest BCUT2D eigenvalue weighted by Gasteiger charge is 2.23. The molecule has 0 aliphatic carbocycles. The molecule has 0 fully saturated rings. The third kappa shape index (κ3) is 3.56. The van der Waals surface area contributed by atoms with Crippen LogP contribution in [0.15, 0.2) is 45.6 Å². The number of benzene rings is 1. The van der Waals surface area contributed by atoms with Crippen LogP contribution in [0.25, 0.3) is 33.9 Å². The summed E-state index contributed by atoms with van der Waals surface area (Å²) in [5.41, 5.74) is 9.46. The van der Waals surface area contributed by atoms with Crippen LogP contribution in [0.1, 0.15) is 32.0 Å². The first-order valence-electron chi connectivity index (χ1n) is 8.35. The molecular weight excluding hydrogens is 366 g/mol. The van der Waals surface area contributed by atoms with E-state index < -0.39 is 0 Å². The van der Waals surface area contributed by atoms with Crippen molar-refractivity contribution in [1.29, 1.82) is 0 Å². The molecule has 1 aromatic carbocycles. The normalized spacial score (nSPS) is 11.6. The molecule has 8 heteroatoms. The van der Waals surface area contributed by atoms with E-state index in [9.17, 15) is 0 Å². The summed E-state index contributed by atoms with van der Waals surface area (Å²) in [7, 11) is 0. The Kier molecular flexibility index (Phi) is 4.99. The number of nitrogens with two attached hydrogens (primary N) is 1. The molecule has 3 aromatic heterocycles. The van der Waals surface area contributed by atoms with Crippen LogP contribution < -0.4 is 5.73 Å². The Hall–Kier alpha value is -2.77. The fourth-order valence-corrected chi connectivity index (χ4v) is 2.74. The maximum absolute atomic E-state index is 5.63. The second-order valence-electron chi connectivity index (χ2n) is 7.18. The van der Waals surface area contributed by atoms with Gasteiger partial charge in [0.2, 0.25) is 5.82 Å². The lowest BCUT2D eigenvalue weighted by atomic mass is 9.90. The maximum atomic E-state index is 5.63. The lowest BCUT2D eigenvalue weighted by Gasteiger charge is -2.14. The summed E-state index contributed by atoms with van der Waals surface area (Å²) in [6.45, 7) is 6.73. The Morgan fingerprint density at radius 2 is 1.74 bits per heavy atom. The number of pyridine rings is 1. The van der Waals surface area contributed by atoms with Crippen LogP contribution in [0, 0.1) is 0 Å². The standard InChI is InChI=1S/C19H19N5O2.ClH/c1-19(2,3)15-14-8-13(10-21-18(14)26-23-15)17-22-16(24-25-17)12-6-4-11(9-20)5-7-12;/h4-8,10H,9,20H2,1-3H3;1H. The van der Waals surface area contributed by atoms with E-state index in [1.807, 2.05) is 30.3 Å². The van der Waals surface area contributed by atoms with Gasteiger partial charge < -0.3 is 14.8 Å². The van der Waals surface area contributed by atoms with Gasteiger partial charge in [-0.1, -0.05) is 55.4 Å². The smallest absolute Gasteiger partial charge is 0.259 e. The first-order valence-corrected chi connectivity index (χ1v) is 8.35. The van der Waals surface area contributed by atoms with Crippen molar-refractivity contribution in [1.82, 2.24) is 20.3 Å². The average Bonchev–Trinajstić information content (AvgIpc) is 3.28.